The molecular weight excluding hydrogens is 292 g/mol. The Balaban J connectivity index is 2.39. The highest BCUT2D eigenvalue weighted by Crippen LogP contribution is 2.19. The lowest BCUT2D eigenvalue weighted by molar-refractivity contribution is 0.0650. The van der Waals surface area contributed by atoms with Crippen molar-refractivity contribution in [3.63, 3.8) is 0 Å². The Kier molecular flexibility index (Phi) is 9.03. The molecule has 1 aromatic carbocycles. The SMILES string of the molecule is CCCCCCCCCCCc1cccc(C(=O)O)c1C(=O)O. The predicted octanol–water partition coefficient (Wildman–Crippen LogP) is 5.16. The van der Waals surface area contributed by atoms with E-state index in [1.807, 2.05) is 0 Å². The lowest BCUT2D eigenvalue weighted by Crippen LogP contribution is -2.11. The second-order valence-electron chi connectivity index (χ2n) is 6.03. The highest BCUT2D eigenvalue weighted by Gasteiger charge is 2.19. The molecule has 0 spiro atoms. The summed E-state index contributed by atoms with van der Waals surface area (Å²) in [6.45, 7) is 2.21. The molecule has 0 aliphatic carbocycles. The number of carbonyl (C=O) groups is 2. The number of hydrogen-bond donors (Lipinski definition) is 2. The van der Waals surface area contributed by atoms with Gasteiger partial charge in [-0.1, -0.05) is 70.4 Å². The molecule has 0 fully saturated rings. The number of benzene rings is 1. The maximum absolute atomic E-state index is 11.3. The van der Waals surface area contributed by atoms with Crippen LogP contribution in [0.25, 0.3) is 0 Å². The van der Waals surface area contributed by atoms with Gasteiger partial charge in [0, 0.05) is 0 Å². The van der Waals surface area contributed by atoms with E-state index in [0.717, 1.165) is 19.3 Å². The summed E-state index contributed by atoms with van der Waals surface area (Å²) in [5.41, 5.74) is 0.450. The molecule has 0 aliphatic heterocycles. The quantitative estimate of drug-likeness (QED) is 0.522. The van der Waals surface area contributed by atoms with Gasteiger partial charge in [0.05, 0.1) is 11.1 Å². The van der Waals surface area contributed by atoms with Crippen molar-refractivity contribution >= 4 is 11.9 Å². The first-order valence-electron chi connectivity index (χ1n) is 8.66. The standard InChI is InChI=1S/C19H28O4/c1-2-3-4-5-6-7-8-9-10-12-15-13-11-14-16(18(20)21)17(15)19(22)23/h11,13-14H,2-10,12H2,1H3,(H,20,21)(H,22,23). The molecule has 4 nitrogen and oxygen atoms in total. The van der Waals surface area contributed by atoms with Crippen LogP contribution in [0.5, 0.6) is 0 Å². The summed E-state index contributed by atoms with van der Waals surface area (Å²) in [7, 11) is 0. The van der Waals surface area contributed by atoms with Crippen molar-refractivity contribution in [3.8, 4) is 0 Å². The van der Waals surface area contributed by atoms with Crippen LogP contribution >= 0.6 is 0 Å². The molecule has 1 aromatic rings. The molecule has 0 radical (unpaired) electrons. The molecule has 23 heavy (non-hydrogen) atoms. The summed E-state index contributed by atoms with van der Waals surface area (Å²) in [4.78, 5) is 22.5. The monoisotopic (exact) mass is 320 g/mol. The molecule has 2 N–H and O–H groups in total. The molecule has 0 unspecified atom stereocenters. The average molecular weight is 320 g/mol. The average Bonchev–Trinajstić information content (AvgIpc) is 2.52. The van der Waals surface area contributed by atoms with Crippen LogP contribution < -0.4 is 0 Å². The Morgan fingerprint density at radius 2 is 1.39 bits per heavy atom. The first kappa shape index (κ1) is 19.2. The van der Waals surface area contributed by atoms with Crippen molar-refractivity contribution in [2.24, 2.45) is 0 Å². The van der Waals surface area contributed by atoms with Crippen LogP contribution in [-0.4, -0.2) is 22.2 Å². The third-order valence-electron chi connectivity index (χ3n) is 4.14. The minimum Gasteiger partial charge on any atom is -0.478 e. The van der Waals surface area contributed by atoms with Gasteiger partial charge in [0.25, 0.3) is 0 Å². The van der Waals surface area contributed by atoms with Crippen molar-refractivity contribution in [2.45, 2.75) is 71.1 Å². The minimum absolute atomic E-state index is 0.0560. The normalized spacial score (nSPS) is 10.7. The van der Waals surface area contributed by atoms with Gasteiger partial charge in [0.1, 0.15) is 0 Å². The van der Waals surface area contributed by atoms with Gasteiger partial charge in [0.2, 0.25) is 0 Å². The Bertz CT molecular complexity index is 508. The maximum Gasteiger partial charge on any atom is 0.336 e. The first-order valence-corrected chi connectivity index (χ1v) is 8.66. The molecule has 0 aromatic heterocycles. The Hall–Kier alpha value is -1.84. The third kappa shape index (κ3) is 6.85. The number of rotatable bonds is 12. The van der Waals surface area contributed by atoms with Crippen LogP contribution in [0.15, 0.2) is 18.2 Å². The summed E-state index contributed by atoms with van der Waals surface area (Å²) in [6.07, 6.45) is 11.4. The van der Waals surface area contributed by atoms with Gasteiger partial charge in [0.15, 0.2) is 0 Å². The summed E-state index contributed by atoms with van der Waals surface area (Å²) in [5, 5.41) is 18.4. The molecule has 0 amide bonds. The van der Waals surface area contributed by atoms with Crippen molar-refractivity contribution in [3.05, 3.63) is 34.9 Å². The van der Waals surface area contributed by atoms with E-state index in [9.17, 15) is 14.7 Å². The molecule has 128 valence electrons. The number of aryl methyl sites for hydroxylation is 1. The molecular formula is C19H28O4. The first-order chi connectivity index (χ1) is 11.1. The highest BCUT2D eigenvalue weighted by atomic mass is 16.4. The van der Waals surface area contributed by atoms with E-state index in [4.69, 9.17) is 5.11 Å². The van der Waals surface area contributed by atoms with Crippen LogP contribution in [-0.2, 0) is 6.42 Å². The second kappa shape index (κ2) is 10.8. The smallest absolute Gasteiger partial charge is 0.336 e. The zero-order chi connectivity index (χ0) is 17.1. The number of aromatic carboxylic acids is 2. The number of unbranched alkanes of at least 4 members (excludes halogenated alkanes) is 8. The molecule has 4 heteroatoms. The van der Waals surface area contributed by atoms with Gasteiger partial charge in [-0.15, -0.1) is 0 Å². The van der Waals surface area contributed by atoms with E-state index in [0.29, 0.717) is 12.0 Å². The molecule has 1 rings (SSSR count). The van der Waals surface area contributed by atoms with Crippen molar-refractivity contribution < 1.29 is 19.8 Å². The summed E-state index contributed by atoms with van der Waals surface area (Å²) < 4.78 is 0. The second-order valence-corrected chi connectivity index (χ2v) is 6.03. The highest BCUT2D eigenvalue weighted by molar-refractivity contribution is 6.02. The van der Waals surface area contributed by atoms with Gasteiger partial charge < -0.3 is 10.2 Å². The zero-order valence-electron chi connectivity index (χ0n) is 14.0. The van der Waals surface area contributed by atoms with Gasteiger partial charge in [-0.25, -0.2) is 9.59 Å². The van der Waals surface area contributed by atoms with Gasteiger partial charge in [-0.05, 0) is 24.5 Å². The summed E-state index contributed by atoms with van der Waals surface area (Å²) >= 11 is 0. The van der Waals surface area contributed by atoms with Gasteiger partial charge in [-0.3, -0.25) is 0 Å². The number of carboxylic acids is 2. The van der Waals surface area contributed by atoms with Crippen LogP contribution in [0.4, 0.5) is 0 Å². The molecule has 0 atom stereocenters. The van der Waals surface area contributed by atoms with Crippen LogP contribution in [0.2, 0.25) is 0 Å². The maximum atomic E-state index is 11.3. The predicted molar refractivity (Wildman–Crippen MR) is 91.3 cm³/mol. The van der Waals surface area contributed by atoms with Crippen LogP contribution in [0, 0.1) is 0 Å². The van der Waals surface area contributed by atoms with E-state index in [2.05, 4.69) is 6.92 Å². The molecule has 0 bridgehead atoms. The fraction of sp³-hybridized carbons (Fsp3) is 0.579. The topological polar surface area (TPSA) is 74.6 Å². The lowest BCUT2D eigenvalue weighted by Gasteiger charge is -2.09. The van der Waals surface area contributed by atoms with Gasteiger partial charge in [-0.2, -0.15) is 0 Å². The van der Waals surface area contributed by atoms with Crippen molar-refractivity contribution in [1.29, 1.82) is 0 Å². The van der Waals surface area contributed by atoms with E-state index < -0.39 is 11.9 Å². The van der Waals surface area contributed by atoms with Gasteiger partial charge >= 0.3 is 11.9 Å². The molecule has 0 heterocycles. The lowest BCUT2D eigenvalue weighted by atomic mass is 9.96. The van der Waals surface area contributed by atoms with E-state index in [-0.39, 0.29) is 11.1 Å². The largest absolute Gasteiger partial charge is 0.478 e. The van der Waals surface area contributed by atoms with Crippen LogP contribution in [0.1, 0.15) is 91.0 Å². The fourth-order valence-electron chi connectivity index (χ4n) is 2.87. The molecule has 0 aliphatic rings. The summed E-state index contributed by atoms with van der Waals surface area (Å²) in [6, 6.07) is 4.70. The third-order valence-corrected chi connectivity index (χ3v) is 4.14. The molecule has 0 saturated heterocycles. The number of hydrogen-bond acceptors (Lipinski definition) is 2. The van der Waals surface area contributed by atoms with E-state index >= 15 is 0 Å². The number of carboxylic acid groups (broad SMARTS) is 2. The Morgan fingerprint density at radius 3 is 1.91 bits per heavy atom. The minimum atomic E-state index is -1.18. The van der Waals surface area contributed by atoms with Crippen molar-refractivity contribution in [2.75, 3.05) is 0 Å². The van der Waals surface area contributed by atoms with Crippen LogP contribution in [0.3, 0.4) is 0 Å². The Labute approximate surface area is 138 Å². The van der Waals surface area contributed by atoms with E-state index in [1.165, 1.54) is 44.6 Å². The Morgan fingerprint density at radius 1 is 0.826 bits per heavy atom. The van der Waals surface area contributed by atoms with E-state index in [1.54, 1.807) is 12.1 Å². The molecule has 0 saturated carbocycles. The summed E-state index contributed by atoms with van der Waals surface area (Å²) in [5.74, 6) is -2.34. The zero-order valence-corrected chi connectivity index (χ0v) is 14.0. The fourth-order valence-corrected chi connectivity index (χ4v) is 2.87. The van der Waals surface area contributed by atoms with Crippen molar-refractivity contribution in [1.82, 2.24) is 0 Å².